The molecule has 1 aromatic carbocycles. The predicted octanol–water partition coefficient (Wildman–Crippen LogP) is 4.46. The Morgan fingerprint density at radius 3 is 2.70 bits per heavy atom. The first-order chi connectivity index (χ1) is 9.47. The summed E-state index contributed by atoms with van der Waals surface area (Å²) in [5.41, 5.74) is 3.38. The lowest BCUT2D eigenvalue weighted by Crippen LogP contribution is -2.40. The highest BCUT2D eigenvalue weighted by Gasteiger charge is 2.61. The predicted molar refractivity (Wildman–Crippen MR) is 83.8 cm³/mol. The average Bonchev–Trinajstić information content (AvgIpc) is 2.73. The summed E-state index contributed by atoms with van der Waals surface area (Å²) in [6.45, 7) is 8.10. The smallest absolute Gasteiger partial charge is 0.0713 e. The molecule has 0 spiro atoms. The van der Waals surface area contributed by atoms with Gasteiger partial charge in [-0.15, -0.1) is 0 Å². The van der Waals surface area contributed by atoms with E-state index in [-0.39, 0.29) is 0 Å². The minimum Gasteiger partial charge on any atom is -0.382 e. The van der Waals surface area contributed by atoms with E-state index < -0.39 is 0 Å². The van der Waals surface area contributed by atoms with Gasteiger partial charge in [0.05, 0.1) is 6.61 Å². The number of anilines is 1. The number of benzene rings is 1. The Bertz CT molecular complexity index is 496. The molecular formula is C18H27NO. The summed E-state index contributed by atoms with van der Waals surface area (Å²) in [5.74, 6) is 0.882. The van der Waals surface area contributed by atoms with Crippen molar-refractivity contribution in [3.8, 4) is 0 Å². The lowest BCUT2D eigenvalue weighted by Gasteiger charge is -2.40. The van der Waals surface area contributed by atoms with Crippen LogP contribution in [0.4, 0.5) is 5.69 Å². The lowest BCUT2D eigenvalue weighted by atomic mass is 9.69. The molecule has 2 bridgehead atoms. The van der Waals surface area contributed by atoms with Crippen molar-refractivity contribution in [1.29, 1.82) is 0 Å². The first-order valence-electron chi connectivity index (χ1n) is 7.82. The van der Waals surface area contributed by atoms with Gasteiger partial charge < -0.3 is 10.1 Å². The Kier molecular flexibility index (Phi) is 3.32. The molecule has 2 aliphatic carbocycles. The van der Waals surface area contributed by atoms with Gasteiger partial charge >= 0.3 is 0 Å². The van der Waals surface area contributed by atoms with Crippen LogP contribution in [0, 0.1) is 16.7 Å². The normalized spacial score (nSPS) is 34.4. The van der Waals surface area contributed by atoms with Crippen LogP contribution in [0.2, 0.25) is 0 Å². The zero-order valence-electron chi connectivity index (χ0n) is 13.2. The summed E-state index contributed by atoms with van der Waals surface area (Å²) in [7, 11) is 1.75. The Morgan fingerprint density at radius 1 is 1.30 bits per heavy atom. The molecule has 0 aromatic heterocycles. The van der Waals surface area contributed by atoms with E-state index in [0.717, 1.165) is 5.92 Å². The van der Waals surface area contributed by atoms with E-state index in [9.17, 15) is 0 Å². The van der Waals surface area contributed by atoms with Crippen molar-refractivity contribution in [3.05, 3.63) is 29.8 Å². The molecule has 3 unspecified atom stereocenters. The molecule has 2 nitrogen and oxygen atoms in total. The van der Waals surface area contributed by atoms with Crippen LogP contribution in [0.15, 0.2) is 24.3 Å². The molecule has 1 N–H and O–H groups in total. The topological polar surface area (TPSA) is 21.3 Å². The van der Waals surface area contributed by atoms with Crippen molar-refractivity contribution in [2.75, 3.05) is 12.4 Å². The van der Waals surface area contributed by atoms with Gasteiger partial charge in [-0.25, -0.2) is 0 Å². The first-order valence-corrected chi connectivity index (χ1v) is 7.82. The van der Waals surface area contributed by atoms with Crippen LogP contribution in [0.3, 0.4) is 0 Å². The second-order valence-electron chi connectivity index (χ2n) is 7.44. The Hall–Kier alpha value is -1.02. The van der Waals surface area contributed by atoms with Crippen LogP contribution in [-0.2, 0) is 11.3 Å². The van der Waals surface area contributed by atoms with Crippen molar-refractivity contribution in [3.63, 3.8) is 0 Å². The van der Waals surface area contributed by atoms with Gasteiger partial charge in [-0.2, -0.15) is 0 Å². The van der Waals surface area contributed by atoms with E-state index in [4.69, 9.17) is 4.74 Å². The van der Waals surface area contributed by atoms with Crippen molar-refractivity contribution >= 4 is 5.69 Å². The van der Waals surface area contributed by atoms with Gasteiger partial charge in [0.1, 0.15) is 0 Å². The standard InChI is InChI=1S/C18H27NO/c1-17(2)14-8-9-18(17,3)16(11-14)19-15-7-5-6-13(10-15)12-20-4/h5-7,10,14,16,19H,8-9,11-12H2,1-4H3. The second kappa shape index (κ2) is 4.77. The third kappa shape index (κ3) is 1.96. The van der Waals surface area contributed by atoms with Gasteiger partial charge in [-0.1, -0.05) is 32.9 Å². The zero-order chi connectivity index (χ0) is 14.4. The summed E-state index contributed by atoms with van der Waals surface area (Å²) < 4.78 is 5.23. The van der Waals surface area contributed by atoms with Crippen LogP contribution in [0.1, 0.15) is 45.6 Å². The fourth-order valence-corrected chi connectivity index (χ4v) is 4.54. The largest absolute Gasteiger partial charge is 0.382 e. The highest BCUT2D eigenvalue weighted by molar-refractivity contribution is 5.47. The maximum atomic E-state index is 5.23. The number of hydrogen-bond donors (Lipinski definition) is 1. The maximum absolute atomic E-state index is 5.23. The molecule has 0 aliphatic heterocycles. The van der Waals surface area contributed by atoms with Crippen LogP contribution in [0.5, 0.6) is 0 Å². The highest BCUT2D eigenvalue weighted by atomic mass is 16.5. The summed E-state index contributed by atoms with van der Waals surface area (Å²) in [6.07, 6.45) is 4.09. The van der Waals surface area contributed by atoms with Gasteiger partial charge in [0, 0.05) is 18.8 Å². The third-order valence-corrected chi connectivity index (χ3v) is 6.37. The maximum Gasteiger partial charge on any atom is 0.0713 e. The van der Waals surface area contributed by atoms with E-state index in [1.54, 1.807) is 7.11 Å². The van der Waals surface area contributed by atoms with E-state index in [1.165, 1.54) is 30.5 Å². The lowest BCUT2D eigenvalue weighted by molar-refractivity contribution is 0.142. The number of ether oxygens (including phenoxy) is 1. The molecule has 20 heavy (non-hydrogen) atoms. The first kappa shape index (κ1) is 13.9. The highest BCUT2D eigenvalue weighted by Crippen LogP contribution is 2.65. The Labute approximate surface area is 122 Å². The molecule has 2 heteroatoms. The molecule has 2 saturated carbocycles. The molecule has 110 valence electrons. The van der Waals surface area contributed by atoms with Gasteiger partial charge in [-0.05, 0) is 53.7 Å². The summed E-state index contributed by atoms with van der Waals surface area (Å²) in [5, 5.41) is 3.81. The number of nitrogens with one attached hydrogen (secondary N) is 1. The summed E-state index contributed by atoms with van der Waals surface area (Å²) >= 11 is 0. The van der Waals surface area contributed by atoms with Crippen LogP contribution >= 0.6 is 0 Å². The number of methoxy groups -OCH3 is 1. The van der Waals surface area contributed by atoms with Gasteiger partial charge in [0.2, 0.25) is 0 Å². The second-order valence-corrected chi connectivity index (χ2v) is 7.44. The Balaban J connectivity index is 1.78. The van der Waals surface area contributed by atoms with Crippen LogP contribution < -0.4 is 5.32 Å². The van der Waals surface area contributed by atoms with Gasteiger partial charge in [0.15, 0.2) is 0 Å². The number of fused-ring (bicyclic) bond motifs is 2. The number of rotatable bonds is 4. The molecule has 2 aliphatic rings. The Morgan fingerprint density at radius 2 is 2.10 bits per heavy atom. The van der Waals surface area contributed by atoms with E-state index >= 15 is 0 Å². The molecule has 3 rings (SSSR count). The minimum absolute atomic E-state index is 0.426. The van der Waals surface area contributed by atoms with Crippen molar-refractivity contribution in [2.45, 2.75) is 52.7 Å². The fourth-order valence-electron chi connectivity index (χ4n) is 4.54. The molecular weight excluding hydrogens is 246 g/mol. The quantitative estimate of drug-likeness (QED) is 0.874. The SMILES string of the molecule is COCc1cccc(NC2CC3CCC2(C)C3(C)C)c1. The van der Waals surface area contributed by atoms with Crippen molar-refractivity contribution < 1.29 is 4.74 Å². The van der Waals surface area contributed by atoms with Crippen LogP contribution in [-0.4, -0.2) is 13.2 Å². The molecule has 0 heterocycles. The fraction of sp³-hybridized carbons (Fsp3) is 0.667. The third-order valence-electron chi connectivity index (χ3n) is 6.37. The summed E-state index contributed by atoms with van der Waals surface area (Å²) in [6, 6.07) is 9.26. The average molecular weight is 273 g/mol. The molecule has 1 aromatic rings. The van der Waals surface area contributed by atoms with E-state index in [1.807, 2.05) is 0 Å². The van der Waals surface area contributed by atoms with Gasteiger partial charge in [0.25, 0.3) is 0 Å². The number of hydrogen-bond acceptors (Lipinski definition) is 2. The van der Waals surface area contributed by atoms with E-state index in [2.05, 4.69) is 50.4 Å². The van der Waals surface area contributed by atoms with E-state index in [0.29, 0.717) is 23.5 Å². The summed E-state index contributed by atoms with van der Waals surface area (Å²) in [4.78, 5) is 0. The molecule has 2 fully saturated rings. The van der Waals surface area contributed by atoms with Gasteiger partial charge in [-0.3, -0.25) is 0 Å². The molecule has 0 radical (unpaired) electrons. The van der Waals surface area contributed by atoms with Crippen molar-refractivity contribution in [1.82, 2.24) is 0 Å². The van der Waals surface area contributed by atoms with Crippen molar-refractivity contribution in [2.24, 2.45) is 16.7 Å². The molecule has 0 amide bonds. The minimum atomic E-state index is 0.426. The zero-order valence-corrected chi connectivity index (χ0v) is 13.2. The molecule has 0 saturated heterocycles. The monoisotopic (exact) mass is 273 g/mol. The van der Waals surface area contributed by atoms with Crippen LogP contribution in [0.25, 0.3) is 0 Å². The molecule has 3 atom stereocenters.